The highest BCUT2D eigenvalue weighted by molar-refractivity contribution is 9.10. The lowest BCUT2D eigenvalue weighted by atomic mass is 10.2. The Morgan fingerprint density at radius 1 is 0.974 bits per heavy atom. The van der Waals surface area contributed by atoms with Crippen molar-refractivity contribution in [3.05, 3.63) is 127 Å². The smallest absolute Gasteiger partial charge is 0.282 e. The number of ether oxygens (including phenoxy) is 1. The Hall–Kier alpha value is -3.91. The molecule has 39 heavy (non-hydrogen) atoms. The summed E-state index contributed by atoms with van der Waals surface area (Å²) in [5.41, 5.74) is 2.36. The van der Waals surface area contributed by atoms with Gasteiger partial charge in [0.15, 0.2) is 5.76 Å². The fraction of sp³-hybridized carbons (Fsp3) is 0.0333. The van der Waals surface area contributed by atoms with E-state index in [-0.39, 0.29) is 18.0 Å². The number of hydrogen-bond donors (Lipinski definition) is 0. The molecule has 2 heterocycles. The Kier molecular flexibility index (Phi) is 6.95. The van der Waals surface area contributed by atoms with Crippen LogP contribution in [0.3, 0.4) is 0 Å². The van der Waals surface area contributed by atoms with E-state index in [4.69, 9.17) is 37.3 Å². The number of para-hydroxylation sites is 2. The minimum atomic E-state index is -0.320. The standard InChI is InChI=1S/C30H18BrCl2N3O3/c31-21-10-12-27-20(13-21)14-28(39-27)29-35-25-7-3-2-6-23(25)30(37)36(29)34-16-18-5-1-4-8-26(18)38-17-19-9-11-22(32)15-24(19)33/h1-16H,17H2. The molecule has 0 spiro atoms. The highest BCUT2D eigenvalue weighted by Gasteiger charge is 2.17. The molecule has 0 aliphatic heterocycles. The van der Waals surface area contributed by atoms with Crippen LogP contribution in [0.1, 0.15) is 11.1 Å². The second-order valence-corrected chi connectivity index (χ2v) is 10.4. The molecule has 192 valence electrons. The molecule has 0 aliphatic carbocycles. The molecule has 0 fully saturated rings. The first-order valence-electron chi connectivity index (χ1n) is 11.9. The van der Waals surface area contributed by atoms with Gasteiger partial charge < -0.3 is 9.15 Å². The van der Waals surface area contributed by atoms with Crippen molar-refractivity contribution in [2.24, 2.45) is 5.10 Å². The zero-order valence-electron chi connectivity index (χ0n) is 20.1. The van der Waals surface area contributed by atoms with E-state index in [1.54, 1.807) is 36.5 Å². The van der Waals surface area contributed by atoms with Gasteiger partial charge in [-0.2, -0.15) is 9.78 Å². The van der Waals surface area contributed by atoms with E-state index < -0.39 is 0 Å². The van der Waals surface area contributed by atoms with Crippen molar-refractivity contribution in [1.29, 1.82) is 0 Å². The third-order valence-electron chi connectivity index (χ3n) is 6.08. The van der Waals surface area contributed by atoms with E-state index in [9.17, 15) is 4.79 Å². The van der Waals surface area contributed by atoms with Gasteiger partial charge in [-0.05, 0) is 60.7 Å². The Labute approximate surface area is 241 Å². The molecule has 0 bridgehead atoms. The zero-order chi connectivity index (χ0) is 26.9. The zero-order valence-corrected chi connectivity index (χ0v) is 23.2. The lowest BCUT2D eigenvalue weighted by molar-refractivity contribution is 0.306. The molecular weight excluding hydrogens is 601 g/mol. The summed E-state index contributed by atoms with van der Waals surface area (Å²) in [6, 6.07) is 27.3. The molecule has 0 radical (unpaired) electrons. The van der Waals surface area contributed by atoms with Crippen LogP contribution in [0.4, 0.5) is 0 Å². The van der Waals surface area contributed by atoms with Crippen molar-refractivity contribution < 1.29 is 9.15 Å². The van der Waals surface area contributed by atoms with Gasteiger partial charge in [-0.1, -0.05) is 69.5 Å². The fourth-order valence-corrected chi connectivity index (χ4v) is 4.99. The summed E-state index contributed by atoms with van der Waals surface area (Å²) in [5, 5.41) is 6.95. The minimum Gasteiger partial charge on any atom is -0.488 e. The summed E-state index contributed by atoms with van der Waals surface area (Å²) < 4.78 is 14.3. The lowest BCUT2D eigenvalue weighted by Crippen LogP contribution is -2.20. The molecule has 0 N–H and O–H groups in total. The van der Waals surface area contributed by atoms with Gasteiger partial charge in [-0.3, -0.25) is 4.79 Å². The van der Waals surface area contributed by atoms with Gasteiger partial charge in [0, 0.05) is 31.0 Å². The van der Waals surface area contributed by atoms with E-state index in [1.807, 2.05) is 60.7 Å². The van der Waals surface area contributed by atoms with Gasteiger partial charge in [-0.25, -0.2) is 4.98 Å². The van der Waals surface area contributed by atoms with Gasteiger partial charge in [-0.15, -0.1) is 0 Å². The number of nitrogens with zero attached hydrogens (tertiary/aromatic N) is 3. The Morgan fingerprint density at radius 2 is 1.79 bits per heavy atom. The van der Waals surface area contributed by atoms with E-state index in [0.717, 1.165) is 15.4 Å². The summed E-state index contributed by atoms with van der Waals surface area (Å²) in [4.78, 5) is 18.3. The van der Waals surface area contributed by atoms with E-state index >= 15 is 0 Å². The highest BCUT2D eigenvalue weighted by atomic mass is 79.9. The van der Waals surface area contributed by atoms with Crippen LogP contribution in [0, 0.1) is 0 Å². The maximum Gasteiger partial charge on any atom is 0.282 e. The predicted molar refractivity (Wildman–Crippen MR) is 159 cm³/mol. The second-order valence-electron chi connectivity index (χ2n) is 8.67. The topological polar surface area (TPSA) is 69.6 Å². The lowest BCUT2D eigenvalue weighted by Gasteiger charge is -2.11. The first kappa shape index (κ1) is 25.4. The van der Waals surface area contributed by atoms with Crippen LogP contribution in [0.5, 0.6) is 5.75 Å². The average Bonchev–Trinajstić information content (AvgIpc) is 3.35. The van der Waals surface area contributed by atoms with E-state index in [1.165, 1.54) is 4.68 Å². The van der Waals surface area contributed by atoms with Crippen LogP contribution in [0.25, 0.3) is 33.5 Å². The van der Waals surface area contributed by atoms with Gasteiger partial charge >= 0.3 is 0 Å². The molecule has 6 nitrogen and oxygen atoms in total. The van der Waals surface area contributed by atoms with E-state index in [2.05, 4.69) is 21.0 Å². The maximum absolute atomic E-state index is 13.6. The Bertz CT molecular complexity index is 1950. The van der Waals surface area contributed by atoms with Crippen LogP contribution in [0.2, 0.25) is 10.0 Å². The SMILES string of the molecule is O=c1c2ccccc2nc(-c2cc3cc(Br)ccc3o2)n1N=Cc1ccccc1OCc1ccc(Cl)cc1Cl. The van der Waals surface area contributed by atoms with Crippen molar-refractivity contribution in [2.45, 2.75) is 6.61 Å². The number of halogens is 3. The van der Waals surface area contributed by atoms with Gasteiger partial charge in [0.2, 0.25) is 5.82 Å². The number of rotatable bonds is 6. The molecule has 0 aliphatic rings. The molecular formula is C30H18BrCl2N3O3. The Balaban J connectivity index is 1.41. The average molecular weight is 619 g/mol. The van der Waals surface area contributed by atoms with Gasteiger partial charge in [0.25, 0.3) is 5.56 Å². The molecule has 6 rings (SSSR count). The molecule has 4 aromatic carbocycles. The van der Waals surface area contributed by atoms with Gasteiger partial charge in [0.1, 0.15) is 17.9 Å². The molecule has 0 atom stereocenters. The monoisotopic (exact) mass is 617 g/mol. The van der Waals surface area contributed by atoms with Crippen molar-refractivity contribution in [1.82, 2.24) is 9.66 Å². The number of benzene rings is 4. The maximum atomic E-state index is 13.6. The van der Waals surface area contributed by atoms with Crippen LogP contribution in [0.15, 0.2) is 110 Å². The minimum absolute atomic E-state index is 0.234. The van der Waals surface area contributed by atoms with Crippen molar-refractivity contribution in [3.63, 3.8) is 0 Å². The number of aromatic nitrogens is 2. The molecule has 6 aromatic rings. The third kappa shape index (κ3) is 5.21. The molecule has 0 unspecified atom stereocenters. The largest absolute Gasteiger partial charge is 0.488 e. The van der Waals surface area contributed by atoms with Crippen molar-refractivity contribution >= 4 is 67.2 Å². The summed E-state index contributed by atoms with van der Waals surface area (Å²) in [6.07, 6.45) is 1.57. The van der Waals surface area contributed by atoms with Crippen molar-refractivity contribution in [3.8, 4) is 17.3 Å². The molecule has 0 saturated heterocycles. The molecule has 2 aromatic heterocycles. The second kappa shape index (κ2) is 10.7. The van der Waals surface area contributed by atoms with Crippen molar-refractivity contribution in [2.75, 3.05) is 0 Å². The normalized spacial score (nSPS) is 11.6. The first-order valence-corrected chi connectivity index (χ1v) is 13.4. The summed E-state index contributed by atoms with van der Waals surface area (Å²) >= 11 is 15.8. The number of fused-ring (bicyclic) bond motifs is 2. The quantitative estimate of drug-likeness (QED) is 0.176. The van der Waals surface area contributed by atoms with E-state index in [0.29, 0.717) is 43.6 Å². The van der Waals surface area contributed by atoms with Crippen LogP contribution in [-0.4, -0.2) is 15.9 Å². The Morgan fingerprint density at radius 3 is 2.67 bits per heavy atom. The highest BCUT2D eigenvalue weighted by Crippen LogP contribution is 2.29. The van der Waals surface area contributed by atoms with Crippen LogP contribution >= 0.6 is 39.1 Å². The predicted octanol–water partition coefficient (Wildman–Crippen LogP) is 8.34. The van der Waals surface area contributed by atoms with Crippen LogP contribution < -0.4 is 10.3 Å². The molecule has 0 saturated carbocycles. The third-order valence-corrected chi connectivity index (χ3v) is 7.16. The summed E-state index contributed by atoms with van der Waals surface area (Å²) in [5.74, 6) is 1.28. The molecule has 9 heteroatoms. The first-order chi connectivity index (χ1) is 19.0. The number of hydrogen-bond acceptors (Lipinski definition) is 5. The number of furan rings is 1. The summed E-state index contributed by atoms with van der Waals surface area (Å²) in [7, 11) is 0. The summed E-state index contributed by atoms with van der Waals surface area (Å²) in [6.45, 7) is 0.234. The molecule has 0 amide bonds. The van der Waals surface area contributed by atoms with Gasteiger partial charge in [0.05, 0.1) is 17.1 Å². The van der Waals surface area contributed by atoms with Crippen LogP contribution in [-0.2, 0) is 6.61 Å². The fourth-order valence-electron chi connectivity index (χ4n) is 4.15.